The molecule has 0 bridgehead atoms. The van der Waals surface area contributed by atoms with Gasteiger partial charge < -0.3 is 10.4 Å². The summed E-state index contributed by atoms with van der Waals surface area (Å²) in [7, 11) is 0. The van der Waals surface area contributed by atoms with Crippen LogP contribution in [0.2, 0.25) is 0 Å². The summed E-state index contributed by atoms with van der Waals surface area (Å²) in [5.74, 6) is -0.893. The molecule has 1 fully saturated rings. The maximum absolute atomic E-state index is 10.9. The highest BCUT2D eigenvalue weighted by atomic mass is 79.9. The van der Waals surface area contributed by atoms with Gasteiger partial charge in [-0.3, -0.25) is 0 Å². The smallest absolute Gasteiger partial charge is 0.335 e. The number of hydrogen-bond acceptors (Lipinski definition) is 3. The van der Waals surface area contributed by atoms with E-state index in [1.807, 2.05) is 17.8 Å². The molecule has 0 aliphatic heterocycles. The van der Waals surface area contributed by atoms with Crippen molar-refractivity contribution in [3.63, 3.8) is 0 Å². The molecule has 3 nitrogen and oxygen atoms in total. The van der Waals surface area contributed by atoms with Gasteiger partial charge in [0.05, 0.1) is 5.56 Å². The number of hydrogen-bond donors (Lipinski definition) is 2. The molecule has 0 radical (unpaired) electrons. The van der Waals surface area contributed by atoms with Crippen LogP contribution in [0.25, 0.3) is 0 Å². The number of aromatic carboxylic acids is 1. The number of rotatable bonds is 6. The highest BCUT2D eigenvalue weighted by molar-refractivity contribution is 9.10. The van der Waals surface area contributed by atoms with Gasteiger partial charge >= 0.3 is 5.97 Å². The molecule has 0 aromatic heterocycles. The monoisotopic (exact) mass is 343 g/mol. The number of thioether (sulfide) groups is 1. The standard InChI is InChI=1S/C14H18BrNO2S/c1-19-14(5-2-6-14)9-16-8-11-4-3-10(13(17)18)7-12(11)15/h3-4,7,16H,2,5-6,8-9H2,1H3,(H,17,18). The van der Waals surface area contributed by atoms with Gasteiger partial charge in [0.25, 0.3) is 0 Å². The van der Waals surface area contributed by atoms with Crippen molar-refractivity contribution < 1.29 is 9.90 Å². The molecule has 104 valence electrons. The Kier molecular flexibility index (Phi) is 4.92. The van der Waals surface area contributed by atoms with Crippen LogP contribution < -0.4 is 5.32 Å². The molecule has 2 rings (SSSR count). The first kappa shape index (κ1) is 14.9. The summed E-state index contributed by atoms with van der Waals surface area (Å²) in [5.41, 5.74) is 1.41. The van der Waals surface area contributed by atoms with E-state index in [1.54, 1.807) is 12.1 Å². The van der Waals surface area contributed by atoms with E-state index in [4.69, 9.17) is 5.11 Å². The largest absolute Gasteiger partial charge is 0.478 e. The van der Waals surface area contributed by atoms with Gasteiger partial charge in [-0.15, -0.1) is 0 Å². The number of carboxylic acid groups (broad SMARTS) is 1. The Balaban J connectivity index is 1.91. The Labute approximate surface area is 126 Å². The van der Waals surface area contributed by atoms with Gasteiger partial charge in [-0.1, -0.05) is 28.4 Å². The van der Waals surface area contributed by atoms with Crippen molar-refractivity contribution in [2.75, 3.05) is 12.8 Å². The number of halogens is 1. The molecule has 1 saturated carbocycles. The zero-order valence-electron chi connectivity index (χ0n) is 10.9. The summed E-state index contributed by atoms with van der Waals surface area (Å²) in [6.45, 7) is 1.78. The molecule has 1 aliphatic carbocycles. The number of benzene rings is 1. The molecule has 0 unspecified atom stereocenters. The van der Waals surface area contributed by atoms with E-state index in [9.17, 15) is 4.79 Å². The molecule has 0 atom stereocenters. The lowest BCUT2D eigenvalue weighted by Gasteiger charge is -2.40. The van der Waals surface area contributed by atoms with E-state index in [1.165, 1.54) is 19.3 Å². The lowest BCUT2D eigenvalue weighted by Crippen LogP contribution is -2.43. The van der Waals surface area contributed by atoms with Gasteiger partial charge in [0.1, 0.15) is 0 Å². The lowest BCUT2D eigenvalue weighted by molar-refractivity contribution is 0.0697. The van der Waals surface area contributed by atoms with E-state index >= 15 is 0 Å². The second-order valence-corrected chi connectivity index (χ2v) is 7.08. The Bertz CT molecular complexity index is 469. The topological polar surface area (TPSA) is 49.3 Å². The molecule has 1 aliphatic rings. The van der Waals surface area contributed by atoms with Crippen LogP contribution in [-0.2, 0) is 6.54 Å². The van der Waals surface area contributed by atoms with Crippen LogP contribution in [0.3, 0.4) is 0 Å². The van der Waals surface area contributed by atoms with Crippen molar-refractivity contribution >= 4 is 33.7 Å². The predicted molar refractivity (Wildman–Crippen MR) is 82.9 cm³/mol. The third-order valence-corrected chi connectivity index (χ3v) is 5.92. The second-order valence-electron chi connectivity index (χ2n) is 4.96. The molecular formula is C14H18BrNO2S. The fraction of sp³-hybridized carbons (Fsp3) is 0.500. The molecule has 19 heavy (non-hydrogen) atoms. The summed E-state index contributed by atoms with van der Waals surface area (Å²) < 4.78 is 1.28. The SMILES string of the molecule is CSC1(CNCc2ccc(C(=O)O)cc2Br)CCC1. The molecule has 0 amide bonds. The first-order valence-corrected chi connectivity index (χ1v) is 8.36. The van der Waals surface area contributed by atoms with Crippen LogP contribution >= 0.6 is 27.7 Å². The Morgan fingerprint density at radius 3 is 2.74 bits per heavy atom. The Morgan fingerprint density at radius 2 is 2.26 bits per heavy atom. The van der Waals surface area contributed by atoms with Gasteiger partial charge in [0.2, 0.25) is 0 Å². The van der Waals surface area contributed by atoms with Crippen LogP contribution in [-0.4, -0.2) is 28.6 Å². The third-order valence-electron chi connectivity index (χ3n) is 3.76. The van der Waals surface area contributed by atoms with Crippen molar-refractivity contribution in [2.24, 2.45) is 0 Å². The van der Waals surface area contributed by atoms with Gasteiger partial charge in [0.15, 0.2) is 0 Å². The van der Waals surface area contributed by atoms with Crippen LogP contribution in [0.15, 0.2) is 22.7 Å². The summed E-state index contributed by atoms with van der Waals surface area (Å²) in [6.07, 6.45) is 6.10. The first-order valence-electron chi connectivity index (χ1n) is 6.34. The quantitative estimate of drug-likeness (QED) is 0.829. The van der Waals surface area contributed by atoms with Crippen molar-refractivity contribution in [1.82, 2.24) is 5.32 Å². The first-order chi connectivity index (χ1) is 9.06. The number of carboxylic acids is 1. The maximum atomic E-state index is 10.9. The van der Waals surface area contributed by atoms with E-state index in [0.29, 0.717) is 10.3 Å². The van der Waals surface area contributed by atoms with Gasteiger partial charge in [-0.25, -0.2) is 4.79 Å². The minimum Gasteiger partial charge on any atom is -0.478 e. The van der Waals surface area contributed by atoms with E-state index in [2.05, 4.69) is 27.5 Å². The van der Waals surface area contributed by atoms with Crippen LogP contribution in [0.4, 0.5) is 0 Å². The molecule has 1 aromatic rings. The minimum atomic E-state index is -0.893. The predicted octanol–water partition coefficient (Wildman–Crippen LogP) is 3.52. The highest BCUT2D eigenvalue weighted by Crippen LogP contribution is 2.42. The number of nitrogens with one attached hydrogen (secondary N) is 1. The fourth-order valence-corrected chi connectivity index (χ4v) is 3.74. The van der Waals surface area contributed by atoms with Crippen molar-refractivity contribution in [3.05, 3.63) is 33.8 Å². The summed E-state index contributed by atoms with van der Waals surface area (Å²) in [6, 6.07) is 5.18. The zero-order chi connectivity index (χ0) is 13.9. The van der Waals surface area contributed by atoms with Crippen molar-refractivity contribution in [2.45, 2.75) is 30.6 Å². The van der Waals surface area contributed by atoms with Crippen molar-refractivity contribution in [1.29, 1.82) is 0 Å². The average molecular weight is 344 g/mol. The summed E-state index contributed by atoms with van der Waals surface area (Å²) >= 11 is 5.39. The van der Waals surface area contributed by atoms with Crippen LogP contribution in [0, 0.1) is 0 Å². The average Bonchev–Trinajstić information content (AvgIpc) is 2.34. The number of carbonyl (C=O) groups is 1. The Hall–Kier alpha value is -0.520. The van der Waals surface area contributed by atoms with Crippen LogP contribution in [0.5, 0.6) is 0 Å². The third kappa shape index (κ3) is 3.52. The Morgan fingerprint density at radius 1 is 1.53 bits per heavy atom. The molecule has 0 spiro atoms. The fourth-order valence-electron chi connectivity index (χ4n) is 2.27. The second kappa shape index (κ2) is 6.29. The summed E-state index contributed by atoms with van der Waals surface area (Å²) in [5, 5.41) is 12.4. The zero-order valence-corrected chi connectivity index (χ0v) is 13.3. The van der Waals surface area contributed by atoms with Crippen molar-refractivity contribution in [3.8, 4) is 0 Å². The van der Waals surface area contributed by atoms with E-state index in [0.717, 1.165) is 23.1 Å². The normalized spacial score (nSPS) is 16.9. The van der Waals surface area contributed by atoms with Gasteiger partial charge in [-0.2, -0.15) is 11.8 Å². The lowest BCUT2D eigenvalue weighted by atomic mass is 9.84. The van der Waals surface area contributed by atoms with Crippen LogP contribution in [0.1, 0.15) is 35.2 Å². The minimum absolute atomic E-state index is 0.315. The molecule has 5 heteroatoms. The highest BCUT2D eigenvalue weighted by Gasteiger charge is 2.35. The van der Waals surface area contributed by atoms with E-state index in [-0.39, 0.29) is 0 Å². The summed E-state index contributed by atoms with van der Waals surface area (Å²) in [4.78, 5) is 10.9. The molecular weight excluding hydrogens is 326 g/mol. The molecule has 2 N–H and O–H groups in total. The maximum Gasteiger partial charge on any atom is 0.335 e. The molecule has 1 aromatic carbocycles. The van der Waals surface area contributed by atoms with E-state index < -0.39 is 5.97 Å². The molecule has 0 heterocycles. The van der Waals surface area contributed by atoms with Gasteiger partial charge in [0, 0.05) is 22.3 Å². The van der Waals surface area contributed by atoms with Gasteiger partial charge in [-0.05, 0) is 36.8 Å². The molecule has 0 saturated heterocycles.